The van der Waals surface area contributed by atoms with Crippen LogP contribution in [0.2, 0.25) is 0 Å². The molecule has 1 aromatic carbocycles. The van der Waals surface area contributed by atoms with Crippen LogP contribution in [0.5, 0.6) is 0 Å². The number of nitrogens with one attached hydrogen (secondary N) is 1. The molecule has 2 aromatic rings. The van der Waals surface area contributed by atoms with Crippen molar-refractivity contribution in [3.63, 3.8) is 0 Å². The second-order valence-corrected chi connectivity index (χ2v) is 8.91. The van der Waals surface area contributed by atoms with Gasteiger partial charge < -0.3 is 4.90 Å². The molecule has 1 aliphatic rings. The lowest BCUT2D eigenvalue weighted by Crippen LogP contribution is -2.31. The average Bonchev–Trinajstić information content (AvgIpc) is 3.03. The second-order valence-electron chi connectivity index (χ2n) is 6.02. The minimum atomic E-state index is -3.17. The van der Waals surface area contributed by atoms with Gasteiger partial charge in [-0.2, -0.15) is 0 Å². The van der Waals surface area contributed by atoms with Crippen molar-refractivity contribution in [2.75, 3.05) is 36.5 Å². The number of anilines is 1. The van der Waals surface area contributed by atoms with Crippen LogP contribution in [0.15, 0.2) is 35.5 Å². The van der Waals surface area contributed by atoms with Crippen LogP contribution < -0.4 is 9.62 Å². The first-order valence-electron chi connectivity index (χ1n) is 8.38. The lowest BCUT2D eigenvalue weighted by molar-refractivity contribution is 0.564. The normalized spacial score (nSPS) is 15.5. The molecule has 1 aromatic heterocycles. The van der Waals surface area contributed by atoms with Crippen LogP contribution in [0.3, 0.4) is 0 Å². The Morgan fingerprint density at radius 3 is 2.52 bits per heavy atom. The second kappa shape index (κ2) is 8.20. The summed E-state index contributed by atoms with van der Waals surface area (Å²) in [6, 6.07) is 10.0. The van der Waals surface area contributed by atoms with Crippen LogP contribution in [0.25, 0.3) is 5.69 Å². The third-order valence-electron chi connectivity index (χ3n) is 3.97. The highest BCUT2D eigenvalue weighted by Crippen LogP contribution is 2.28. The van der Waals surface area contributed by atoms with E-state index in [2.05, 4.69) is 24.4 Å². The Balaban J connectivity index is 1.81. The number of para-hydroxylation sites is 1. The van der Waals surface area contributed by atoms with Gasteiger partial charge in [0, 0.05) is 25.4 Å². The van der Waals surface area contributed by atoms with E-state index in [1.54, 1.807) is 0 Å². The molecule has 0 radical (unpaired) electrons. The van der Waals surface area contributed by atoms with Crippen LogP contribution >= 0.6 is 11.8 Å². The third-order valence-corrected chi connectivity index (χ3v) is 5.63. The molecule has 0 atom stereocenters. The van der Waals surface area contributed by atoms with E-state index in [0.29, 0.717) is 12.3 Å². The fourth-order valence-corrected chi connectivity index (χ4v) is 4.23. The van der Waals surface area contributed by atoms with E-state index in [-0.39, 0.29) is 0 Å². The molecule has 1 fully saturated rings. The SMILES string of the molecule is CS(=O)(=O)NCCSc1nnc(N2CCCCC2)n1-c1ccccc1. The van der Waals surface area contributed by atoms with Gasteiger partial charge in [-0.3, -0.25) is 4.57 Å². The maximum atomic E-state index is 11.2. The van der Waals surface area contributed by atoms with Crippen LogP contribution in [-0.4, -0.2) is 54.8 Å². The maximum Gasteiger partial charge on any atom is 0.232 e. The van der Waals surface area contributed by atoms with Gasteiger partial charge in [-0.25, -0.2) is 13.1 Å². The number of rotatable bonds is 7. The first kappa shape index (κ1) is 18.2. The van der Waals surface area contributed by atoms with Gasteiger partial charge in [-0.15, -0.1) is 10.2 Å². The van der Waals surface area contributed by atoms with E-state index < -0.39 is 10.0 Å². The van der Waals surface area contributed by atoms with Crippen LogP contribution in [0.4, 0.5) is 5.95 Å². The molecule has 0 amide bonds. The van der Waals surface area contributed by atoms with Crippen molar-refractivity contribution in [3.8, 4) is 5.69 Å². The first-order valence-corrected chi connectivity index (χ1v) is 11.3. The van der Waals surface area contributed by atoms with E-state index in [1.165, 1.54) is 37.3 Å². The number of thioether (sulfide) groups is 1. The summed E-state index contributed by atoms with van der Waals surface area (Å²) in [7, 11) is -3.17. The highest BCUT2D eigenvalue weighted by Gasteiger charge is 2.21. The predicted molar refractivity (Wildman–Crippen MR) is 101 cm³/mol. The van der Waals surface area contributed by atoms with Crippen molar-refractivity contribution in [1.82, 2.24) is 19.5 Å². The van der Waals surface area contributed by atoms with Crippen LogP contribution in [-0.2, 0) is 10.0 Å². The third kappa shape index (κ3) is 4.96. The van der Waals surface area contributed by atoms with Crippen LogP contribution in [0, 0.1) is 0 Å². The number of aromatic nitrogens is 3. The molecule has 0 spiro atoms. The number of piperidine rings is 1. The molecular weight excluding hydrogens is 358 g/mol. The van der Waals surface area contributed by atoms with Crippen molar-refractivity contribution < 1.29 is 8.42 Å². The summed E-state index contributed by atoms with van der Waals surface area (Å²) < 4.78 is 26.9. The Hall–Kier alpha value is -1.58. The number of nitrogens with zero attached hydrogens (tertiary/aromatic N) is 4. The molecular formula is C16H23N5O2S2. The lowest BCUT2D eigenvalue weighted by atomic mass is 10.1. The quantitative estimate of drug-likeness (QED) is 0.583. The zero-order valence-electron chi connectivity index (χ0n) is 14.3. The molecule has 9 heteroatoms. The highest BCUT2D eigenvalue weighted by molar-refractivity contribution is 7.99. The topological polar surface area (TPSA) is 80.1 Å². The van der Waals surface area contributed by atoms with Crippen molar-refractivity contribution in [3.05, 3.63) is 30.3 Å². The summed E-state index contributed by atoms with van der Waals surface area (Å²) in [5, 5.41) is 9.56. The minimum absolute atomic E-state index is 0.365. The predicted octanol–water partition coefficient (Wildman–Crippen LogP) is 1.90. The fraction of sp³-hybridized carbons (Fsp3) is 0.500. The van der Waals surface area contributed by atoms with Crippen molar-refractivity contribution in [2.24, 2.45) is 0 Å². The number of hydrogen-bond donors (Lipinski definition) is 1. The average molecular weight is 382 g/mol. The molecule has 1 saturated heterocycles. The molecule has 136 valence electrons. The van der Waals surface area contributed by atoms with Crippen LogP contribution in [0.1, 0.15) is 19.3 Å². The Kier molecular flexibility index (Phi) is 5.98. The van der Waals surface area contributed by atoms with Gasteiger partial charge in [0.25, 0.3) is 0 Å². The summed E-state index contributed by atoms with van der Waals surface area (Å²) in [5.74, 6) is 1.46. The van der Waals surface area contributed by atoms with Gasteiger partial charge >= 0.3 is 0 Å². The number of sulfonamides is 1. The Bertz CT molecular complexity index is 786. The smallest absolute Gasteiger partial charge is 0.232 e. The molecule has 1 N–H and O–H groups in total. The molecule has 0 aliphatic carbocycles. The highest BCUT2D eigenvalue weighted by atomic mass is 32.2. The molecule has 0 unspecified atom stereocenters. The zero-order valence-corrected chi connectivity index (χ0v) is 15.9. The molecule has 0 saturated carbocycles. The van der Waals surface area contributed by atoms with E-state index >= 15 is 0 Å². The summed E-state index contributed by atoms with van der Waals surface area (Å²) >= 11 is 1.50. The van der Waals surface area contributed by atoms with Gasteiger partial charge in [0.15, 0.2) is 5.16 Å². The number of benzene rings is 1. The van der Waals surface area contributed by atoms with Crippen molar-refractivity contribution in [2.45, 2.75) is 24.4 Å². The Morgan fingerprint density at radius 2 is 1.84 bits per heavy atom. The standard InChI is InChI=1S/C16H23N5O2S2/c1-25(22,23)17-10-13-24-16-19-18-15(20-11-6-3-7-12-20)21(16)14-8-4-2-5-9-14/h2,4-5,8-9,17H,3,6-7,10-13H2,1H3. The summed E-state index contributed by atoms with van der Waals surface area (Å²) in [4.78, 5) is 2.28. The van der Waals surface area contributed by atoms with E-state index in [9.17, 15) is 8.42 Å². The minimum Gasteiger partial charge on any atom is -0.341 e. The van der Waals surface area contributed by atoms with Crippen molar-refractivity contribution >= 4 is 27.7 Å². The molecule has 1 aliphatic heterocycles. The van der Waals surface area contributed by atoms with E-state index in [4.69, 9.17) is 0 Å². The van der Waals surface area contributed by atoms with E-state index in [0.717, 1.165) is 29.9 Å². The summed E-state index contributed by atoms with van der Waals surface area (Å²) in [6.07, 6.45) is 4.76. The fourth-order valence-electron chi connectivity index (χ4n) is 2.83. The molecule has 3 rings (SSSR count). The van der Waals surface area contributed by atoms with Crippen molar-refractivity contribution in [1.29, 1.82) is 0 Å². The van der Waals surface area contributed by atoms with Gasteiger partial charge in [-0.1, -0.05) is 30.0 Å². The summed E-state index contributed by atoms with van der Waals surface area (Å²) in [5.41, 5.74) is 1.02. The van der Waals surface area contributed by atoms with Gasteiger partial charge in [0.1, 0.15) is 0 Å². The van der Waals surface area contributed by atoms with Gasteiger partial charge in [-0.05, 0) is 31.4 Å². The molecule has 25 heavy (non-hydrogen) atoms. The Labute approximate surface area is 152 Å². The largest absolute Gasteiger partial charge is 0.341 e. The molecule has 7 nitrogen and oxygen atoms in total. The monoisotopic (exact) mass is 381 g/mol. The van der Waals surface area contributed by atoms with Gasteiger partial charge in [0.2, 0.25) is 16.0 Å². The lowest BCUT2D eigenvalue weighted by Gasteiger charge is -2.27. The molecule has 2 heterocycles. The van der Waals surface area contributed by atoms with Gasteiger partial charge in [0.05, 0.1) is 11.9 Å². The number of hydrogen-bond acceptors (Lipinski definition) is 6. The zero-order chi connectivity index (χ0) is 17.7. The van der Waals surface area contributed by atoms with E-state index in [1.807, 2.05) is 30.3 Å². The first-order chi connectivity index (χ1) is 12.0. The summed E-state index contributed by atoms with van der Waals surface area (Å²) in [6.45, 7) is 2.35. The maximum absolute atomic E-state index is 11.2. The molecule has 0 bridgehead atoms. The Morgan fingerprint density at radius 1 is 1.12 bits per heavy atom.